The van der Waals surface area contributed by atoms with Gasteiger partial charge in [-0.1, -0.05) is 121 Å². The minimum absolute atomic E-state index is 0.981. The van der Waals surface area contributed by atoms with E-state index in [4.69, 9.17) is 4.98 Å². The summed E-state index contributed by atoms with van der Waals surface area (Å²) in [4.78, 5) is 5.19. The van der Waals surface area contributed by atoms with Gasteiger partial charge in [0.1, 0.15) is 0 Å². The number of pyridine rings is 1. The van der Waals surface area contributed by atoms with E-state index in [2.05, 4.69) is 116 Å². The summed E-state index contributed by atoms with van der Waals surface area (Å²) >= 11 is 0. The number of hydrogen-bond acceptors (Lipinski definition) is 1. The molecule has 0 N–H and O–H groups in total. The average molecular weight is 398 g/mol. The van der Waals surface area contributed by atoms with Gasteiger partial charge >= 0.3 is 0 Å². The van der Waals surface area contributed by atoms with Crippen LogP contribution in [0.2, 0.25) is 0 Å². The van der Waals surface area contributed by atoms with Gasteiger partial charge in [0, 0.05) is 16.7 Å². The summed E-state index contributed by atoms with van der Waals surface area (Å²) in [5.74, 6) is 0. The Hall–Kier alpha value is -3.97. The van der Waals surface area contributed by atoms with Crippen LogP contribution in [0, 0.1) is 6.92 Å². The van der Waals surface area contributed by atoms with Crippen LogP contribution in [-0.2, 0) is 0 Å². The van der Waals surface area contributed by atoms with Crippen molar-refractivity contribution >= 4 is 0 Å². The third kappa shape index (κ3) is 3.91. The van der Waals surface area contributed by atoms with Crippen LogP contribution in [0.3, 0.4) is 0 Å². The molecule has 0 aliphatic carbocycles. The zero-order valence-electron chi connectivity index (χ0n) is 17.5. The summed E-state index contributed by atoms with van der Waals surface area (Å²) in [6.07, 6.45) is 0. The van der Waals surface area contributed by atoms with E-state index < -0.39 is 0 Å². The summed E-state index contributed by atoms with van der Waals surface area (Å²) in [5, 5.41) is 0. The first kappa shape index (κ1) is 19.0. The van der Waals surface area contributed by atoms with Crippen LogP contribution in [0.15, 0.2) is 121 Å². The summed E-state index contributed by atoms with van der Waals surface area (Å²) in [6.45, 7) is 2.12. The Kier molecular flexibility index (Phi) is 5.16. The first-order chi connectivity index (χ1) is 15.3. The van der Waals surface area contributed by atoms with Gasteiger partial charge in [-0.2, -0.15) is 0 Å². The van der Waals surface area contributed by atoms with Crippen LogP contribution in [0.25, 0.3) is 44.8 Å². The lowest BCUT2D eigenvalue weighted by Gasteiger charge is -2.18. The molecule has 1 aromatic heterocycles. The molecular weight excluding hydrogens is 374 g/mol. The second kappa shape index (κ2) is 8.41. The number of aromatic nitrogens is 1. The number of rotatable bonds is 4. The molecule has 0 amide bonds. The highest BCUT2D eigenvalue weighted by Crippen LogP contribution is 2.41. The molecule has 0 saturated heterocycles. The number of nitrogens with zero attached hydrogens (tertiary/aromatic N) is 1. The first-order valence-corrected chi connectivity index (χ1v) is 10.6. The predicted molar refractivity (Wildman–Crippen MR) is 131 cm³/mol. The number of benzene rings is 4. The molecule has 0 aliphatic rings. The van der Waals surface area contributed by atoms with Crippen molar-refractivity contribution in [1.82, 2.24) is 4.98 Å². The van der Waals surface area contributed by atoms with E-state index in [0.717, 1.165) is 28.1 Å². The van der Waals surface area contributed by atoms with Crippen LogP contribution < -0.4 is 0 Å². The summed E-state index contributed by atoms with van der Waals surface area (Å²) < 4.78 is 0. The van der Waals surface area contributed by atoms with Gasteiger partial charge in [-0.15, -0.1) is 0 Å². The van der Waals surface area contributed by atoms with Gasteiger partial charge in [0.2, 0.25) is 0 Å². The fraction of sp³-hybridized carbons (Fsp3) is 0.0333. The number of aryl methyl sites for hydroxylation is 1. The molecule has 1 heteroatoms. The Morgan fingerprint density at radius 3 is 1.58 bits per heavy atom. The molecule has 0 bridgehead atoms. The molecule has 31 heavy (non-hydrogen) atoms. The highest BCUT2D eigenvalue weighted by atomic mass is 14.7. The SMILES string of the molecule is Cc1ccc(-c2cc(-c3ccccc3)nc(-c3ccccc3)c2-c2ccccc2)cc1. The van der Waals surface area contributed by atoms with Crippen molar-refractivity contribution < 1.29 is 0 Å². The van der Waals surface area contributed by atoms with Gasteiger partial charge in [-0.25, -0.2) is 4.98 Å². The van der Waals surface area contributed by atoms with Crippen molar-refractivity contribution in [1.29, 1.82) is 0 Å². The fourth-order valence-electron chi connectivity index (χ4n) is 3.96. The van der Waals surface area contributed by atoms with Gasteiger partial charge in [-0.05, 0) is 29.7 Å². The van der Waals surface area contributed by atoms with Gasteiger partial charge < -0.3 is 0 Å². The molecular formula is C30H23N. The lowest BCUT2D eigenvalue weighted by molar-refractivity contribution is 1.32. The van der Waals surface area contributed by atoms with Crippen LogP contribution >= 0.6 is 0 Å². The molecule has 0 aliphatic heterocycles. The van der Waals surface area contributed by atoms with Crippen molar-refractivity contribution in [3.63, 3.8) is 0 Å². The van der Waals surface area contributed by atoms with Crippen LogP contribution in [-0.4, -0.2) is 4.98 Å². The predicted octanol–water partition coefficient (Wildman–Crippen LogP) is 8.06. The van der Waals surface area contributed by atoms with Crippen molar-refractivity contribution in [3.05, 3.63) is 127 Å². The quantitative estimate of drug-likeness (QED) is 0.299. The molecule has 0 saturated carbocycles. The third-order valence-corrected chi connectivity index (χ3v) is 5.56. The van der Waals surface area contributed by atoms with E-state index in [1.807, 2.05) is 12.1 Å². The fourth-order valence-corrected chi connectivity index (χ4v) is 3.96. The van der Waals surface area contributed by atoms with Gasteiger partial charge in [0.15, 0.2) is 0 Å². The van der Waals surface area contributed by atoms with E-state index in [1.54, 1.807) is 0 Å². The molecule has 1 nitrogen and oxygen atoms in total. The molecule has 0 spiro atoms. The first-order valence-electron chi connectivity index (χ1n) is 10.6. The molecule has 0 atom stereocenters. The smallest absolute Gasteiger partial charge is 0.0794 e. The Morgan fingerprint density at radius 1 is 0.484 bits per heavy atom. The summed E-state index contributed by atoms with van der Waals surface area (Å²) in [5.41, 5.74) is 10.2. The highest BCUT2D eigenvalue weighted by molar-refractivity contribution is 5.94. The largest absolute Gasteiger partial charge is 0.247 e. The molecule has 0 unspecified atom stereocenters. The molecule has 5 rings (SSSR count). The van der Waals surface area contributed by atoms with E-state index in [-0.39, 0.29) is 0 Å². The van der Waals surface area contributed by atoms with Crippen LogP contribution in [0.5, 0.6) is 0 Å². The second-order valence-corrected chi connectivity index (χ2v) is 7.74. The maximum atomic E-state index is 5.19. The topological polar surface area (TPSA) is 12.9 Å². The normalized spacial score (nSPS) is 10.7. The lowest BCUT2D eigenvalue weighted by Crippen LogP contribution is -1.97. The average Bonchev–Trinajstić information content (AvgIpc) is 2.85. The third-order valence-electron chi connectivity index (χ3n) is 5.56. The maximum Gasteiger partial charge on any atom is 0.0794 e. The van der Waals surface area contributed by atoms with Gasteiger partial charge in [0.25, 0.3) is 0 Å². The standard InChI is InChI=1S/C30H23N/c1-22-17-19-23(20-18-22)27-21-28(24-11-5-2-6-12-24)31-30(26-15-9-4-10-16-26)29(27)25-13-7-3-8-14-25/h2-21H,1H3. The Balaban J connectivity index is 1.87. The Labute approximate surface area is 183 Å². The van der Waals surface area contributed by atoms with Crippen LogP contribution in [0.1, 0.15) is 5.56 Å². The monoisotopic (exact) mass is 397 g/mol. The molecule has 1 heterocycles. The van der Waals surface area contributed by atoms with Crippen molar-refractivity contribution in [2.24, 2.45) is 0 Å². The molecule has 4 aromatic carbocycles. The molecule has 5 aromatic rings. The second-order valence-electron chi connectivity index (χ2n) is 7.74. The van der Waals surface area contributed by atoms with Gasteiger partial charge in [-0.3, -0.25) is 0 Å². The van der Waals surface area contributed by atoms with Crippen LogP contribution in [0.4, 0.5) is 0 Å². The number of hydrogen-bond donors (Lipinski definition) is 0. The molecule has 148 valence electrons. The Bertz CT molecular complexity index is 1290. The van der Waals surface area contributed by atoms with Crippen molar-refractivity contribution in [2.75, 3.05) is 0 Å². The van der Waals surface area contributed by atoms with E-state index >= 15 is 0 Å². The van der Waals surface area contributed by atoms with E-state index in [0.29, 0.717) is 0 Å². The van der Waals surface area contributed by atoms with Gasteiger partial charge in [0.05, 0.1) is 11.4 Å². The van der Waals surface area contributed by atoms with E-state index in [9.17, 15) is 0 Å². The van der Waals surface area contributed by atoms with Crippen molar-refractivity contribution in [2.45, 2.75) is 6.92 Å². The molecule has 0 radical (unpaired) electrons. The lowest BCUT2D eigenvalue weighted by atomic mass is 9.89. The minimum atomic E-state index is 0.981. The Morgan fingerprint density at radius 2 is 1.00 bits per heavy atom. The summed E-state index contributed by atoms with van der Waals surface area (Å²) in [7, 11) is 0. The molecule has 0 fully saturated rings. The zero-order valence-corrected chi connectivity index (χ0v) is 17.5. The zero-order chi connectivity index (χ0) is 21.0. The van der Waals surface area contributed by atoms with Crippen molar-refractivity contribution in [3.8, 4) is 44.8 Å². The minimum Gasteiger partial charge on any atom is -0.247 e. The summed E-state index contributed by atoms with van der Waals surface area (Å²) in [6, 6.07) is 42.5. The highest BCUT2D eigenvalue weighted by Gasteiger charge is 2.18. The maximum absolute atomic E-state index is 5.19. The van der Waals surface area contributed by atoms with E-state index in [1.165, 1.54) is 22.3 Å².